The molecule has 0 saturated heterocycles. The molecule has 1 aromatic heterocycles. The van der Waals surface area contributed by atoms with Gasteiger partial charge in [-0.25, -0.2) is 17.5 Å². The summed E-state index contributed by atoms with van der Waals surface area (Å²) in [6.07, 6.45) is 1.38. The SMILES string of the molecule is Cc1cc(NC(=O)c2cc(S(=O)(=O)NCC(C)C)cn2C)ccc1F. The number of aryl methyl sites for hydroxylation is 2. The summed E-state index contributed by atoms with van der Waals surface area (Å²) in [5.41, 5.74) is 1.03. The molecule has 2 rings (SSSR count). The van der Waals surface area contributed by atoms with Gasteiger partial charge in [-0.2, -0.15) is 0 Å². The van der Waals surface area contributed by atoms with E-state index < -0.39 is 15.9 Å². The summed E-state index contributed by atoms with van der Waals surface area (Å²) >= 11 is 0. The Morgan fingerprint density at radius 2 is 1.96 bits per heavy atom. The molecule has 0 spiro atoms. The van der Waals surface area contributed by atoms with E-state index in [1.165, 1.54) is 35.0 Å². The Labute approximate surface area is 147 Å². The number of hydrogen-bond donors (Lipinski definition) is 2. The first-order valence-electron chi connectivity index (χ1n) is 7.83. The van der Waals surface area contributed by atoms with Crippen molar-refractivity contribution in [2.45, 2.75) is 25.7 Å². The topological polar surface area (TPSA) is 80.2 Å². The minimum absolute atomic E-state index is 0.0242. The second-order valence-corrected chi connectivity index (χ2v) is 8.10. The van der Waals surface area contributed by atoms with E-state index in [4.69, 9.17) is 0 Å². The first-order valence-corrected chi connectivity index (χ1v) is 9.32. The van der Waals surface area contributed by atoms with Gasteiger partial charge in [-0.15, -0.1) is 0 Å². The van der Waals surface area contributed by atoms with Gasteiger partial charge in [-0.05, 0) is 42.7 Å². The van der Waals surface area contributed by atoms with Crippen molar-refractivity contribution >= 4 is 21.6 Å². The lowest BCUT2D eigenvalue weighted by molar-refractivity contribution is 0.101. The van der Waals surface area contributed by atoms with Crippen molar-refractivity contribution in [3.63, 3.8) is 0 Å². The molecular formula is C17H22FN3O3S. The van der Waals surface area contributed by atoms with Crippen molar-refractivity contribution in [3.05, 3.63) is 47.5 Å². The average molecular weight is 367 g/mol. The van der Waals surface area contributed by atoms with Crippen LogP contribution in [0.15, 0.2) is 35.4 Å². The molecule has 6 nitrogen and oxygen atoms in total. The maximum Gasteiger partial charge on any atom is 0.272 e. The monoisotopic (exact) mass is 367 g/mol. The zero-order valence-corrected chi connectivity index (χ0v) is 15.4. The van der Waals surface area contributed by atoms with E-state index in [0.29, 0.717) is 17.8 Å². The highest BCUT2D eigenvalue weighted by atomic mass is 32.2. The summed E-state index contributed by atoms with van der Waals surface area (Å²) in [6, 6.07) is 5.54. The fourth-order valence-electron chi connectivity index (χ4n) is 2.18. The number of carbonyl (C=O) groups is 1. The third-order valence-corrected chi connectivity index (χ3v) is 5.01. The number of amides is 1. The van der Waals surface area contributed by atoms with Crippen LogP contribution >= 0.6 is 0 Å². The normalized spacial score (nSPS) is 11.8. The van der Waals surface area contributed by atoms with Crippen molar-refractivity contribution in [2.75, 3.05) is 11.9 Å². The van der Waals surface area contributed by atoms with Crippen molar-refractivity contribution in [3.8, 4) is 0 Å². The molecule has 1 aromatic carbocycles. The third kappa shape index (κ3) is 4.67. The highest BCUT2D eigenvalue weighted by molar-refractivity contribution is 7.89. The summed E-state index contributed by atoms with van der Waals surface area (Å²) in [4.78, 5) is 12.4. The first kappa shape index (κ1) is 19.1. The lowest BCUT2D eigenvalue weighted by atomic mass is 10.2. The van der Waals surface area contributed by atoms with E-state index in [1.807, 2.05) is 13.8 Å². The number of benzene rings is 1. The highest BCUT2D eigenvalue weighted by Crippen LogP contribution is 2.17. The van der Waals surface area contributed by atoms with Crippen molar-refractivity contribution in [2.24, 2.45) is 13.0 Å². The van der Waals surface area contributed by atoms with Gasteiger partial charge in [0.1, 0.15) is 16.4 Å². The van der Waals surface area contributed by atoms with Gasteiger partial charge in [-0.3, -0.25) is 4.79 Å². The number of carbonyl (C=O) groups excluding carboxylic acids is 1. The van der Waals surface area contributed by atoms with Crippen LogP contribution in [-0.4, -0.2) is 25.4 Å². The van der Waals surface area contributed by atoms with Crippen LogP contribution in [0.5, 0.6) is 0 Å². The smallest absolute Gasteiger partial charge is 0.272 e. The van der Waals surface area contributed by atoms with Crippen LogP contribution in [0.4, 0.5) is 10.1 Å². The Morgan fingerprint density at radius 1 is 1.28 bits per heavy atom. The fraction of sp³-hybridized carbons (Fsp3) is 0.353. The molecule has 0 radical (unpaired) electrons. The largest absolute Gasteiger partial charge is 0.345 e. The summed E-state index contributed by atoms with van der Waals surface area (Å²) in [5.74, 6) is -0.664. The molecule has 8 heteroatoms. The predicted molar refractivity (Wildman–Crippen MR) is 94.5 cm³/mol. The lowest BCUT2D eigenvalue weighted by Gasteiger charge is -2.07. The van der Waals surface area contributed by atoms with Gasteiger partial charge in [0.15, 0.2) is 0 Å². The summed E-state index contributed by atoms with van der Waals surface area (Å²) in [6.45, 7) is 5.71. The van der Waals surface area contributed by atoms with E-state index in [2.05, 4.69) is 10.0 Å². The molecule has 2 N–H and O–H groups in total. The van der Waals surface area contributed by atoms with Gasteiger partial charge in [0.2, 0.25) is 10.0 Å². The third-order valence-electron chi connectivity index (χ3n) is 3.62. The quantitative estimate of drug-likeness (QED) is 0.824. The van der Waals surface area contributed by atoms with Crippen LogP contribution in [0.2, 0.25) is 0 Å². The summed E-state index contributed by atoms with van der Waals surface area (Å²) in [7, 11) is -2.09. The number of halogens is 1. The zero-order valence-electron chi connectivity index (χ0n) is 14.6. The van der Waals surface area contributed by atoms with E-state index in [1.54, 1.807) is 14.0 Å². The van der Waals surface area contributed by atoms with E-state index in [9.17, 15) is 17.6 Å². The Kier molecular flexibility index (Phi) is 5.64. The zero-order chi connectivity index (χ0) is 18.8. The first-order chi connectivity index (χ1) is 11.6. The predicted octanol–water partition coefficient (Wildman–Crippen LogP) is 2.66. The van der Waals surface area contributed by atoms with Crippen molar-refractivity contribution < 1.29 is 17.6 Å². The van der Waals surface area contributed by atoms with E-state index in [0.717, 1.165) is 0 Å². The number of hydrogen-bond acceptors (Lipinski definition) is 3. The average Bonchev–Trinajstić information content (AvgIpc) is 2.92. The Balaban J connectivity index is 2.21. The summed E-state index contributed by atoms with van der Waals surface area (Å²) in [5, 5.41) is 2.64. The standard InChI is InChI=1S/C17H22FN3O3S/c1-11(2)9-19-25(23,24)14-8-16(21(4)10-14)17(22)20-13-5-6-15(18)12(3)7-13/h5-8,10-11,19H,9H2,1-4H3,(H,20,22). The number of nitrogens with zero attached hydrogens (tertiary/aromatic N) is 1. The minimum Gasteiger partial charge on any atom is -0.345 e. The lowest BCUT2D eigenvalue weighted by Crippen LogP contribution is -2.27. The molecule has 0 aliphatic heterocycles. The van der Waals surface area contributed by atoms with Crippen molar-refractivity contribution in [1.82, 2.24) is 9.29 Å². The molecule has 2 aromatic rings. The Morgan fingerprint density at radius 3 is 2.56 bits per heavy atom. The molecule has 0 saturated carbocycles. The molecule has 136 valence electrons. The van der Waals surface area contributed by atoms with Crippen LogP contribution in [-0.2, 0) is 17.1 Å². The molecule has 0 aliphatic carbocycles. The maximum atomic E-state index is 13.3. The number of anilines is 1. The van der Waals surface area contributed by atoms with Crippen LogP contribution in [0, 0.1) is 18.7 Å². The molecule has 0 unspecified atom stereocenters. The number of nitrogens with one attached hydrogen (secondary N) is 2. The van der Waals surface area contributed by atoms with Gasteiger partial charge in [0.25, 0.3) is 5.91 Å². The van der Waals surface area contributed by atoms with Gasteiger partial charge < -0.3 is 9.88 Å². The molecule has 0 aliphatic rings. The number of sulfonamides is 1. The van der Waals surface area contributed by atoms with Gasteiger partial charge in [0, 0.05) is 25.5 Å². The van der Waals surface area contributed by atoms with Crippen LogP contribution in [0.3, 0.4) is 0 Å². The Bertz CT molecular complexity index is 889. The molecule has 0 fully saturated rings. The van der Waals surface area contributed by atoms with Gasteiger partial charge >= 0.3 is 0 Å². The molecule has 0 atom stereocenters. The number of rotatable bonds is 6. The second kappa shape index (κ2) is 7.37. The molecule has 1 amide bonds. The summed E-state index contributed by atoms with van der Waals surface area (Å²) < 4.78 is 41.8. The highest BCUT2D eigenvalue weighted by Gasteiger charge is 2.20. The van der Waals surface area contributed by atoms with Crippen LogP contribution < -0.4 is 10.0 Å². The second-order valence-electron chi connectivity index (χ2n) is 6.34. The molecule has 25 heavy (non-hydrogen) atoms. The van der Waals surface area contributed by atoms with Gasteiger partial charge in [-0.1, -0.05) is 13.8 Å². The minimum atomic E-state index is -3.68. The fourth-order valence-corrected chi connectivity index (χ4v) is 3.47. The van der Waals surface area contributed by atoms with Gasteiger partial charge in [0.05, 0.1) is 0 Å². The molecule has 1 heterocycles. The van der Waals surface area contributed by atoms with Crippen LogP contribution in [0.1, 0.15) is 29.9 Å². The van der Waals surface area contributed by atoms with Crippen molar-refractivity contribution in [1.29, 1.82) is 0 Å². The maximum absolute atomic E-state index is 13.3. The van der Waals surface area contributed by atoms with E-state index >= 15 is 0 Å². The van der Waals surface area contributed by atoms with Crippen LogP contribution in [0.25, 0.3) is 0 Å². The molecular weight excluding hydrogens is 345 g/mol. The van der Waals surface area contributed by atoms with E-state index in [-0.39, 0.29) is 22.3 Å². The number of aromatic nitrogens is 1. The molecule has 0 bridgehead atoms. The Hall–Kier alpha value is -2.19.